The maximum absolute atomic E-state index is 5.89. The van der Waals surface area contributed by atoms with Crippen LogP contribution >= 0.6 is 24.0 Å². The fourth-order valence-electron chi connectivity index (χ4n) is 2.99. The van der Waals surface area contributed by atoms with Gasteiger partial charge in [0, 0.05) is 23.6 Å². The molecular weight excluding hydrogens is 465 g/mol. The molecule has 3 rings (SSSR count). The molecule has 0 spiro atoms. The Labute approximate surface area is 183 Å². The first kappa shape index (κ1) is 22.2. The lowest BCUT2D eigenvalue weighted by Gasteiger charge is -2.17. The quantitative estimate of drug-likeness (QED) is 0.412. The van der Waals surface area contributed by atoms with Crippen molar-refractivity contribution < 1.29 is 9.47 Å². The molecule has 0 saturated carbocycles. The number of rotatable bonds is 9. The molecule has 0 saturated heterocycles. The van der Waals surface area contributed by atoms with Gasteiger partial charge in [0.1, 0.15) is 12.4 Å². The number of hydrogen-bond acceptors (Lipinski definition) is 5. The van der Waals surface area contributed by atoms with Gasteiger partial charge in [-0.2, -0.15) is 0 Å². The van der Waals surface area contributed by atoms with Crippen LogP contribution in [0.1, 0.15) is 25.3 Å². The van der Waals surface area contributed by atoms with Crippen LogP contribution in [0, 0.1) is 0 Å². The number of anilines is 1. The average Bonchev–Trinajstić information content (AvgIpc) is 2.71. The number of nitrogens with two attached hydrogens (primary N) is 1. The van der Waals surface area contributed by atoms with Crippen molar-refractivity contribution in [1.82, 2.24) is 4.98 Å². The summed E-state index contributed by atoms with van der Waals surface area (Å²) in [5.41, 5.74) is 8.56. The second-order valence-electron chi connectivity index (χ2n) is 6.65. The summed E-state index contributed by atoms with van der Waals surface area (Å²) in [5, 5.41) is 4.55. The number of ether oxygens (including phenoxy) is 2. The van der Waals surface area contributed by atoms with Crippen LogP contribution in [0.3, 0.4) is 0 Å². The van der Waals surface area contributed by atoms with Crippen LogP contribution in [0.5, 0.6) is 11.6 Å². The summed E-state index contributed by atoms with van der Waals surface area (Å²) in [5.74, 6) is 1.41. The van der Waals surface area contributed by atoms with E-state index in [1.54, 1.807) is 7.11 Å². The van der Waals surface area contributed by atoms with Gasteiger partial charge in [-0.1, -0.05) is 30.3 Å². The van der Waals surface area contributed by atoms with Gasteiger partial charge >= 0.3 is 0 Å². The highest BCUT2D eigenvalue weighted by atomic mass is 127. The number of pyridine rings is 1. The van der Waals surface area contributed by atoms with Crippen LogP contribution in [-0.4, -0.2) is 24.7 Å². The second kappa shape index (κ2) is 11.1. The van der Waals surface area contributed by atoms with E-state index in [1.165, 1.54) is 0 Å². The van der Waals surface area contributed by atoms with Crippen molar-refractivity contribution in [1.29, 1.82) is 0 Å². The van der Waals surface area contributed by atoms with Gasteiger partial charge in [0.05, 0.1) is 18.3 Å². The van der Waals surface area contributed by atoms with Gasteiger partial charge in [-0.3, -0.25) is 0 Å². The third-order valence-electron chi connectivity index (χ3n) is 4.45. The molecule has 3 aromatic rings. The molecular formula is C22H28IN3O2. The molecule has 0 bridgehead atoms. The minimum absolute atomic E-state index is 0. The highest BCUT2D eigenvalue weighted by molar-refractivity contribution is 14.0. The third-order valence-corrected chi connectivity index (χ3v) is 4.45. The number of methoxy groups -OCH3 is 1. The van der Waals surface area contributed by atoms with Gasteiger partial charge < -0.3 is 20.5 Å². The van der Waals surface area contributed by atoms with Crippen molar-refractivity contribution in [2.45, 2.75) is 32.4 Å². The van der Waals surface area contributed by atoms with E-state index in [2.05, 4.69) is 12.2 Å². The second-order valence-corrected chi connectivity index (χ2v) is 6.65. The van der Waals surface area contributed by atoms with Crippen molar-refractivity contribution in [2.75, 3.05) is 19.0 Å². The van der Waals surface area contributed by atoms with E-state index >= 15 is 0 Å². The molecule has 1 unspecified atom stereocenters. The zero-order valence-corrected chi connectivity index (χ0v) is 18.7. The average molecular weight is 493 g/mol. The number of nitrogens with one attached hydrogen (secondary N) is 1. The smallest absolute Gasteiger partial charge is 0.214 e. The van der Waals surface area contributed by atoms with E-state index < -0.39 is 0 Å². The van der Waals surface area contributed by atoms with Crippen LogP contribution in [0.2, 0.25) is 0 Å². The Morgan fingerprint density at radius 1 is 1.11 bits per heavy atom. The fourth-order valence-corrected chi connectivity index (χ4v) is 2.99. The number of fused-ring (bicyclic) bond motifs is 1. The van der Waals surface area contributed by atoms with E-state index in [0.717, 1.165) is 40.7 Å². The Morgan fingerprint density at radius 2 is 1.89 bits per heavy atom. The van der Waals surface area contributed by atoms with Crippen molar-refractivity contribution in [3.05, 3.63) is 60.2 Å². The highest BCUT2D eigenvalue weighted by Crippen LogP contribution is 2.30. The molecule has 6 heteroatoms. The van der Waals surface area contributed by atoms with Gasteiger partial charge in [0.25, 0.3) is 0 Å². The summed E-state index contributed by atoms with van der Waals surface area (Å²) in [6.07, 6.45) is 1.98. The summed E-state index contributed by atoms with van der Waals surface area (Å²) in [7, 11) is 1.67. The molecule has 1 aromatic heterocycles. The molecule has 0 aliphatic rings. The molecule has 2 aromatic carbocycles. The van der Waals surface area contributed by atoms with Crippen LogP contribution in [-0.2, 0) is 6.61 Å². The number of hydrogen-bond donors (Lipinski definition) is 2. The Hall–Kier alpha value is -2.06. The highest BCUT2D eigenvalue weighted by Gasteiger charge is 2.11. The maximum atomic E-state index is 5.89. The molecule has 3 N–H and O–H groups in total. The summed E-state index contributed by atoms with van der Waals surface area (Å²) in [6.45, 7) is 3.34. The SMILES string of the molecule is COc1cc(NC(C)CCCN)c2nc(OCc3ccccc3)ccc2c1.I. The maximum Gasteiger partial charge on any atom is 0.214 e. The molecule has 150 valence electrons. The normalized spacial score (nSPS) is 11.5. The fraction of sp³-hybridized carbons (Fsp3) is 0.318. The van der Waals surface area contributed by atoms with E-state index in [4.69, 9.17) is 20.2 Å². The first-order chi connectivity index (χ1) is 13.2. The predicted molar refractivity (Wildman–Crippen MR) is 126 cm³/mol. The van der Waals surface area contributed by atoms with Crippen molar-refractivity contribution in [3.63, 3.8) is 0 Å². The third kappa shape index (κ3) is 5.97. The molecule has 28 heavy (non-hydrogen) atoms. The monoisotopic (exact) mass is 493 g/mol. The van der Waals surface area contributed by atoms with Crippen molar-refractivity contribution in [2.24, 2.45) is 5.73 Å². The Kier molecular flexibility index (Phi) is 8.79. The van der Waals surface area contributed by atoms with Crippen LogP contribution < -0.4 is 20.5 Å². The zero-order chi connectivity index (χ0) is 19.1. The Bertz CT molecular complexity index is 874. The molecule has 5 nitrogen and oxygen atoms in total. The summed E-state index contributed by atoms with van der Waals surface area (Å²) >= 11 is 0. The van der Waals surface area contributed by atoms with E-state index in [-0.39, 0.29) is 24.0 Å². The minimum Gasteiger partial charge on any atom is -0.497 e. The lowest BCUT2D eigenvalue weighted by atomic mass is 10.1. The van der Waals surface area contributed by atoms with E-state index in [0.29, 0.717) is 25.1 Å². The van der Waals surface area contributed by atoms with Gasteiger partial charge in [-0.15, -0.1) is 24.0 Å². The molecule has 0 fully saturated rings. The molecule has 1 heterocycles. The number of nitrogens with zero attached hydrogens (tertiary/aromatic N) is 1. The first-order valence-electron chi connectivity index (χ1n) is 9.31. The van der Waals surface area contributed by atoms with Crippen LogP contribution in [0.15, 0.2) is 54.6 Å². The molecule has 0 aliphatic carbocycles. The Balaban J connectivity index is 0.00000280. The minimum atomic E-state index is 0. The van der Waals surface area contributed by atoms with Crippen LogP contribution in [0.4, 0.5) is 5.69 Å². The van der Waals surface area contributed by atoms with E-state index in [1.807, 2.05) is 54.6 Å². The summed E-state index contributed by atoms with van der Waals surface area (Å²) < 4.78 is 11.3. The lowest BCUT2D eigenvalue weighted by Crippen LogP contribution is -2.17. The van der Waals surface area contributed by atoms with E-state index in [9.17, 15) is 0 Å². The largest absolute Gasteiger partial charge is 0.497 e. The predicted octanol–water partition coefficient (Wildman–Crippen LogP) is 4.98. The van der Waals surface area contributed by atoms with Gasteiger partial charge in [-0.25, -0.2) is 4.98 Å². The standard InChI is InChI=1S/C22H27N3O2.HI/c1-16(7-6-12-23)24-20-14-19(26-2)13-18-10-11-21(25-22(18)20)27-15-17-8-4-3-5-9-17;/h3-5,8-11,13-14,16,24H,6-7,12,15,23H2,1-2H3;1H. The number of aromatic nitrogens is 1. The lowest BCUT2D eigenvalue weighted by molar-refractivity contribution is 0.295. The first-order valence-corrected chi connectivity index (χ1v) is 9.31. The summed E-state index contributed by atoms with van der Waals surface area (Å²) in [4.78, 5) is 4.73. The number of halogens is 1. The number of benzene rings is 2. The molecule has 1 atom stereocenters. The van der Waals surface area contributed by atoms with Crippen LogP contribution in [0.25, 0.3) is 10.9 Å². The Morgan fingerprint density at radius 3 is 2.61 bits per heavy atom. The van der Waals surface area contributed by atoms with Gasteiger partial charge in [-0.05, 0) is 44.0 Å². The van der Waals surface area contributed by atoms with Crippen molar-refractivity contribution >= 4 is 40.6 Å². The summed E-state index contributed by atoms with van der Waals surface area (Å²) in [6, 6.07) is 18.2. The topological polar surface area (TPSA) is 69.4 Å². The van der Waals surface area contributed by atoms with Gasteiger partial charge in [0.2, 0.25) is 5.88 Å². The molecule has 0 amide bonds. The van der Waals surface area contributed by atoms with Crippen molar-refractivity contribution in [3.8, 4) is 11.6 Å². The molecule has 0 radical (unpaired) electrons. The molecule has 0 aliphatic heterocycles. The zero-order valence-electron chi connectivity index (χ0n) is 16.4. The van der Waals surface area contributed by atoms with Gasteiger partial charge in [0.15, 0.2) is 0 Å².